The van der Waals surface area contributed by atoms with Gasteiger partial charge in [-0.05, 0) is 25.5 Å². The standard InChI is InChI=1S/C13H19N5O/c1-3-4-9(7-19)16-12-11-10(17-13(14)18-12)6-5-8(2)15-11/h5-6,9,19H,3-4,7H2,1-2H3,(H3,14,16,17,18)/t9-/m0/s1. The van der Waals surface area contributed by atoms with Crippen molar-refractivity contribution in [1.29, 1.82) is 0 Å². The smallest absolute Gasteiger partial charge is 0.222 e. The number of aryl methyl sites for hydroxylation is 1. The lowest BCUT2D eigenvalue weighted by atomic mass is 10.2. The molecule has 0 saturated heterocycles. The Balaban J connectivity index is 2.43. The predicted octanol–water partition coefficient (Wildman–Crippen LogP) is 1.49. The fourth-order valence-electron chi connectivity index (χ4n) is 1.98. The van der Waals surface area contributed by atoms with Crippen LogP contribution in [-0.2, 0) is 0 Å². The van der Waals surface area contributed by atoms with E-state index in [1.807, 2.05) is 19.1 Å². The second-order valence-electron chi connectivity index (χ2n) is 4.56. The molecule has 0 unspecified atom stereocenters. The van der Waals surface area contributed by atoms with E-state index in [0.717, 1.165) is 18.5 Å². The molecule has 0 aliphatic heterocycles. The van der Waals surface area contributed by atoms with Gasteiger partial charge in [0.05, 0.1) is 18.2 Å². The van der Waals surface area contributed by atoms with E-state index >= 15 is 0 Å². The summed E-state index contributed by atoms with van der Waals surface area (Å²) in [7, 11) is 0. The van der Waals surface area contributed by atoms with E-state index in [9.17, 15) is 5.11 Å². The van der Waals surface area contributed by atoms with Crippen LogP contribution in [0.25, 0.3) is 11.0 Å². The normalized spacial score (nSPS) is 12.6. The van der Waals surface area contributed by atoms with Gasteiger partial charge < -0.3 is 16.2 Å². The topological polar surface area (TPSA) is 97.0 Å². The summed E-state index contributed by atoms with van der Waals surface area (Å²) in [5, 5.41) is 12.6. The Bertz CT molecular complexity index is 572. The van der Waals surface area contributed by atoms with Gasteiger partial charge in [0.15, 0.2) is 5.82 Å². The maximum Gasteiger partial charge on any atom is 0.222 e. The Kier molecular flexibility index (Phi) is 4.11. The van der Waals surface area contributed by atoms with Crippen molar-refractivity contribution in [2.45, 2.75) is 32.7 Å². The van der Waals surface area contributed by atoms with Crippen molar-refractivity contribution < 1.29 is 5.11 Å². The van der Waals surface area contributed by atoms with Crippen LogP contribution in [0.15, 0.2) is 12.1 Å². The second-order valence-corrected chi connectivity index (χ2v) is 4.56. The highest BCUT2D eigenvalue weighted by atomic mass is 16.3. The summed E-state index contributed by atoms with van der Waals surface area (Å²) in [6.07, 6.45) is 1.83. The number of nitrogen functional groups attached to an aromatic ring is 1. The van der Waals surface area contributed by atoms with E-state index in [0.29, 0.717) is 16.9 Å². The van der Waals surface area contributed by atoms with Crippen molar-refractivity contribution in [2.24, 2.45) is 0 Å². The summed E-state index contributed by atoms with van der Waals surface area (Å²) >= 11 is 0. The summed E-state index contributed by atoms with van der Waals surface area (Å²) in [6.45, 7) is 4.03. The average molecular weight is 261 g/mol. The van der Waals surface area contributed by atoms with Gasteiger partial charge in [-0.25, -0.2) is 9.97 Å². The van der Waals surface area contributed by atoms with Gasteiger partial charge >= 0.3 is 0 Å². The van der Waals surface area contributed by atoms with Crippen LogP contribution < -0.4 is 11.1 Å². The summed E-state index contributed by atoms with van der Waals surface area (Å²) in [6, 6.07) is 3.70. The lowest BCUT2D eigenvalue weighted by Crippen LogP contribution is -2.24. The van der Waals surface area contributed by atoms with Crippen molar-refractivity contribution >= 4 is 22.8 Å². The third kappa shape index (κ3) is 3.08. The number of nitrogens with one attached hydrogen (secondary N) is 1. The Morgan fingerprint density at radius 3 is 2.79 bits per heavy atom. The van der Waals surface area contributed by atoms with E-state index in [1.165, 1.54) is 0 Å². The lowest BCUT2D eigenvalue weighted by Gasteiger charge is -2.17. The minimum Gasteiger partial charge on any atom is -0.394 e. The maximum atomic E-state index is 9.36. The van der Waals surface area contributed by atoms with Gasteiger partial charge in [0, 0.05) is 5.69 Å². The van der Waals surface area contributed by atoms with Gasteiger partial charge in [0.2, 0.25) is 5.95 Å². The van der Waals surface area contributed by atoms with E-state index < -0.39 is 0 Å². The molecule has 2 aromatic heterocycles. The van der Waals surface area contributed by atoms with E-state index in [-0.39, 0.29) is 18.6 Å². The number of anilines is 2. The molecule has 2 rings (SSSR count). The summed E-state index contributed by atoms with van der Waals surface area (Å²) in [5.74, 6) is 0.785. The highest BCUT2D eigenvalue weighted by molar-refractivity contribution is 5.86. The SMILES string of the molecule is CCC[C@@H](CO)Nc1nc(N)nc2ccc(C)nc12. The zero-order valence-electron chi connectivity index (χ0n) is 11.2. The van der Waals surface area contributed by atoms with Gasteiger partial charge in [0.25, 0.3) is 0 Å². The molecular formula is C13H19N5O. The molecule has 0 aliphatic rings. The monoisotopic (exact) mass is 261 g/mol. The quantitative estimate of drug-likeness (QED) is 0.754. The van der Waals surface area contributed by atoms with E-state index in [1.54, 1.807) is 0 Å². The molecule has 2 aromatic rings. The number of aliphatic hydroxyl groups is 1. The van der Waals surface area contributed by atoms with Crippen molar-refractivity contribution in [3.05, 3.63) is 17.8 Å². The number of nitrogens with zero attached hydrogens (tertiary/aromatic N) is 3. The van der Waals surface area contributed by atoms with Gasteiger partial charge in [-0.2, -0.15) is 4.98 Å². The van der Waals surface area contributed by atoms with Gasteiger partial charge in [-0.3, -0.25) is 0 Å². The minimum absolute atomic E-state index is 0.0467. The second kappa shape index (κ2) is 5.79. The number of fused-ring (bicyclic) bond motifs is 1. The summed E-state index contributed by atoms with van der Waals surface area (Å²) in [4.78, 5) is 12.8. The first-order valence-electron chi connectivity index (χ1n) is 6.42. The summed E-state index contributed by atoms with van der Waals surface area (Å²) in [5.41, 5.74) is 7.98. The summed E-state index contributed by atoms with van der Waals surface area (Å²) < 4.78 is 0. The highest BCUT2D eigenvalue weighted by Crippen LogP contribution is 2.20. The molecule has 19 heavy (non-hydrogen) atoms. The fourth-order valence-corrected chi connectivity index (χ4v) is 1.98. The molecule has 6 nitrogen and oxygen atoms in total. The molecule has 0 bridgehead atoms. The third-order valence-electron chi connectivity index (χ3n) is 2.90. The first kappa shape index (κ1) is 13.5. The van der Waals surface area contributed by atoms with E-state index in [4.69, 9.17) is 5.73 Å². The van der Waals surface area contributed by atoms with Gasteiger partial charge in [-0.15, -0.1) is 0 Å². The highest BCUT2D eigenvalue weighted by Gasteiger charge is 2.12. The van der Waals surface area contributed by atoms with Gasteiger partial charge in [-0.1, -0.05) is 13.3 Å². The van der Waals surface area contributed by atoms with Crippen LogP contribution in [-0.4, -0.2) is 32.7 Å². The predicted molar refractivity (Wildman–Crippen MR) is 75.9 cm³/mol. The Labute approximate surface area is 112 Å². The number of aliphatic hydroxyl groups excluding tert-OH is 1. The molecule has 0 amide bonds. The molecule has 0 radical (unpaired) electrons. The molecule has 2 heterocycles. The zero-order chi connectivity index (χ0) is 13.8. The number of hydrogen-bond donors (Lipinski definition) is 3. The Morgan fingerprint density at radius 1 is 1.32 bits per heavy atom. The largest absolute Gasteiger partial charge is 0.394 e. The Morgan fingerprint density at radius 2 is 2.11 bits per heavy atom. The number of rotatable bonds is 5. The molecule has 6 heteroatoms. The van der Waals surface area contributed by atoms with Crippen LogP contribution in [0.5, 0.6) is 0 Å². The Hall–Kier alpha value is -1.95. The van der Waals surface area contributed by atoms with Crippen LogP contribution in [0, 0.1) is 6.92 Å². The van der Waals surface area contributed by atoms with Crippen molar-refractivity contribution in [1.82, 2.24) is 15.0 Å². The molecule has 0 aromatic carbocycles. The van der Waals surface area contributed by atoms with Crippen molar-refractivity contribution in [2.75, 3.05) is 17.7 Å². The average Bonchev–Trinajstić information content (AvgIpc) is 2.39. The lowest BCUT2D eigenvalue weighted by molar-refractivity contribution is 0.268. The number of aromatic nitrogens is 3. The zero-order valence-corrected chi connectivity index (χ0v) is 11.2. The van der Waals surface area contributed by atoms with Crippen LogP contribution >= 0.6 is 0 Å². The number of pyridine rings is 1. The molecule has 0 aliphatic carbocycles. The minimum atomic E-state index is -0.0511. The van der Waals surface area contributed by atoms with Crippen LogP contribution in [0.4, 0.5) is 11.8 Å². The van der Waals surface area contributed by atoms with Crippen LogP contribution in [0.1, 0.15) is 25.5 Å². The van der Waals surface area contributed by atoms with E-state index in [2.05, 4.69) is 27.2 Å². The molecule has 102 valence electrons. The fraction of sp³-hybridized carbons (Fsp3) is 0.462. The number of nitrogens with two attached hydrogens (primary N) is 1. The molecule has 0 fully saturated rings. The molecule has 1 atom stereocenters. The van der Waals surface area contributed by atoms with Crippen molar-refractivity contribution in [3.63, 3.8) is 0 Å². The van der Waals surface area contributed by atoms with Crippen LogP contribution in [0.3, 0.4) is 0 Å². The van der Waals surface area contributed by atoms with Crippen molar-refractivity contribution in [3.8, 4) is 0 Å². The molecule has 0 saturated carbocycles. The third-order valence-corrected chi connectivity index (χ3v) is 2.90. The van der Waals surface area contributed by atoms with Crippen LogP contribution in [0.2, 0.25) is 0 Å². The molecular weight excluding hydrogens is 242 g/mol. The van der Waals surface area contributed by atoms with Gasteiger partial charge in [0.1, 0.15) is 5.52 Å². The first-order chi connectivity index (χ1) is 9.13. The first-order valence-corrected chi connectivity index (χ1v) is 6.42. The maximum absolute atomic E-state index is 9.36. The molecule has 0 spiro atoms. The molecule has 4 N–H and O–H groups in total. The number of hydrogen-bond acceptors (Lipinski definition) is 6.